The van der Waals surface area contributed by atoms with Gasteiger partial charge in [0.25, 0.3) is 0 Å². The summed E-state index contributed by atoms with van der Waals surface area (Å²) in [5, 5.41) is 0. The maximum absolute atomic E-state index is 12.4. The Labute approximate surface area is 154 Å². The highest BCUT2D eigenvalue weighted by molar-refractivity contribution is 14.1. The quantitative estimate of drug-likeness (QED) is 0.518. The van der Waals surface area contributed by atoms with E-state index in [2.05, 4.69) is 45.7 Å². The van der Waals surface area contributed by atoms with Crippen LogP contribution in [-0.2, 0) is 13.0 Å². The number of alkyl halides is 1. The van der Waals surface area contributed by atoms with Gasteiger partial charge in [-0.1, -0.05) is 40.0 Å². The van der Waals surface area contributed by atoms with E-state index in [1.165, 1.54) is 49.1 Å². The highest BCUT2D eigenvalue weighted by atomic mass is 127. The van der Waals surface area contributed by atoms with Gasteiger partial charge in [0.15, 0.2) is 0 Å². The molecule has 2 aliphatic heterocycles. The molecule has 5 rings (SSSR count). The normalized spacial score (nSPS) is 24.6. The van der Waals surface area contributed by atoms with Crippen molar-refractivity contribution in [2.75, 3.05) is 17.5 Å². The minimum absolute atomic E-state index is 0.203. The molecule has 3 heterocycles. The predicted molar refractivity (Wildman–Crippen MR) is 106 cm³/mol. The van der Waals surface area contributed by atoms with E-state index in [4.69, 9.17) is 0 Å². The summed E-state index contributed by atoms with van der Waals surface area (Å²) in [6.07, 6.45) is 6.65. The van der Waals surface area contributed by atoms with Crippen LogP contribution in [-0.4, -0.2) is 33.0 Å². The van der Waals surface area contributed by atoms with Crippen molar-refractivity contribution in [2.24, 2.45) is 5.92 Å². The smallest absolute Gasteiger partial charge is 0.298 e. The number of benzene rings is 1. The number of halogens is 1. The molecule has 0 amide bonds. The number of hydrogen-bond donors (Lipinski definition) is 0. The third-order valence-electron chi connectivity index (χ3n) is 5.55. The average Bonchev–Trinajstić information content (AvgIpc) is 2.89. The minimum Gasteiger partial charge on any atom is -0.298 e. The summed E-state index contributed by atoms with van der Waals surface area (Å²) in [6, 6.07) is 7.32. The molecule has 2 bridgehead atoms. The molecule has 124 valence electrons. The molecule has 23 heavy (non-hydrogen) atoms. The van der Waals surface area contributed by atoms with Crippen LogP contribution in [0.5, 0.6) is 0 Å². The fourth-order valence-electron chi connectivity index (χ4n) is 4.26. The monoisotopic (exact) mass is 442 g/mol. The number of aromatic nitrogens is 1. The van der Waals surface area contributed by atoms with Gasteiger partial charge in [0, 0.05) is 30.1 Å². The highest BCUT2D eigenvalue weighted by Gasteiger charge is 2.33. The zero-order valence-electron chi connectivity index (χ0n) is 13.3. The van der Waals surface area contributed by atoms with E-state index in [9.17, 15) is 4.79 Å². The van der Waals surface area contributed by atoms with Crippen molar-refractivity contribution >= 4 is 44.1 Å². The zero-order valence-corrected chi connectivity index (χ0v) is 16.3. The number of hydrogen-bond acceptors (Lipinski definition) is 3. The van der Waals surface area contributed by atoms with Crippen LogP contribution in [0.15, 0.2) is 23.0 Å². The first-order chi connectivity index (χ1) is 11.2. The third-order valence-corrected chi connectivity index (χ3v) is 7.03. The van der Waals surface area contributed by atoms with Gasteiger partial charge in [-0.25, -0.2) is 0 Å². The lowest BCUT2D eigenvalue weighted by atomic mass is 9.80. The SMILES string of the molecule is O=c1sc2cc(CCI)ccc2n1CCN1CC2CCC1CC2. The minimum atomic E-state index is 0.203. The maximum atomic E-state index is 12.4. The molecule has 0 atom stereocenters. The van der Waals surface area contributed by atoms with Gasteiger partial charge in [-0.3, -0.25) is 14.3 Å². The van der Waals surface area contributed by atoms with Crippen LogP contribution < -0.4 is 4.87 Å². The molecular formula is C18H23IN2OS. The molecule has 0 unspecified atom stereocenters. The van der Waals surface area contributed by atoms with Crippen molar-refractivity contribution in [2.45, 2.75) is 44.7 Å². The molecule has 1 aromatic carbocycles. The van der Waals surface area contributed by atoms with Crippen LogP contribution in [0.3, 0.4) is 0 Å². The van der Waals surface area contributed by atoms with E-state index in [0.29, 0.717) is 0 Å². The molecule has 0 spiro atoms. The molecule has 1 aliphatic carbocycles. The Bertz CT molecular complexity index is 745. The van der Waals surface area contributed by atoms with Crippen LogP contribution in [0.4, 0.5) is 0 Å². The molecule has 2 aromatic rings. The maximum Gasteiger partial charge on any atom is 0.308 e. The first kappa shape index (κ1) is 16.1. The van der Waals surface area contributed by atoms with Gasteiger partial charge in [-0.15, -0.1) is 0 Å². The second-order valence-electron chi connectivity index (χ2n) is 6.93. The molecule has 3 nitrogen and oxygen atoms in total. The predicted octanol–water partition coefficient (Wildman–Crippen LogP) is 3.91. The summed E-state index contributed by atoms with van der Waals surface area (Å²) in [5.74, 6) is 0.909. The van der Waals surface area contributed by atoms with Crippen molar-refractivity contribution < 1.29 is 0 Å². The molecule has 5 heteroatoms. The molecule has 3 aliphatic rings. The Morgan fingerprint density at radius 3 is 2.70 bits per heavy atom. The third kappa shape index (κ3) is 3.24. The average molecular weight is 442 g/mol. The fraction of sp³-hybridized carbons (Fsp3) is 0.611. The van der Waals surface area contributed by atoms with Crippen molar-refractivity contribution in [1.29, 1.82) is 0 Å². The van der Waals surface area contributed by atoms with Crippen molar-refractivity contribution in [1.82, 2.24) is 9.47 Å². The van der Waals surface area contributed by atoms with E-state index in [1.54, 1.807) is 0 Å². The first-order valence-corrected chi connectivity index (χ1v) is 11.0. The fourth-order valence-corrected chi connectivity index (χ4v) is 5.87. The van der Waals surface area contributed by atoms with Gasteiger partial charge < -0.3 is 0 Å². The van der Waals surface area contributed by atoms with Crippen LogP contribution in [0, 0.1) is 5.92 Å². The van der Waals surface area contributed by atoms with Crippen LogP contribution >= 0.6 is 33.9 Å². The summed E-state index contributed by atoms with van der Waals surface area (Å²) in [4.78, 5) is 15.2. The standard InChI is InChI=1S/C18H23IN2OS/c19-8-7-13-3-6-16-17(11-13)23-18(22)21(16)10-9-20-12-14-1-4-15(20)5-2-14/h3,6,11,14-15H,1-2,4-5,7-10,12H2. The lowest BCUT2D eigenvalue weighted by molar-refractivity contribution is 0.0465. The lowest BCUT2D eigenvalue weighted by Crippen LogP contribution is -2.49. The van der Waals surface area contributed by atoms with E-state index in [0.717, 1.165) is 46.1 Å². The molecule has 3 fully saturated rings. The van der Waals surface area contributed by atoms with E-state index < -0.39 is 0 Å². The Morgan fingerprint density at radius 1 is 1.17 bits per heavy atom. The molecule has 0 N–H and O–H groups in total. The van der Waals surface area contributed by atoms with E-state index in [-0.39, 0.29) is 4.87 Å². The Kier molecular flexibility index (Phi) is 4.79. The Balaban J connectivity index is 1.52. The summed E-state index contributed by atoms with van der Waals surface area (Å²) >= 11 is 3.81. The van der Waals surface area contributed by atoms with E-state index in [1.807, 2.05) is 4.57 Å². The number of aryl methyl sites for hydroxylation is 1. The summed E-state index contributed by atoms with van der Waals surface area (Å²) < 4.78 is 4.27. The van der Waals surface area contributed by atoms with Gasteiger partial charge in [0.1, 0.15) is 0 Å². The van der Waals surface area contributed by atoms with Gasteiger partial charge in [0.2, 0.25) is 0 Å². The number of piperidine rings is 2. The zero-order chi connectivity index (χ0) is 15.8. The molecule has 2 saturated heterocycles. The Hall–Kier alpha value is -0.400. The number of thiazole rings is 1. The number of nitrogens with zero attached hydrogens (tertiary/aromatic N) is 2. The van der Waals surface area contributed by atoms with Gasteiger partial charge in [-0.2, -0.15) is 0 Å². The van der Waals surface area contributed by atoms with Gasteiger partial charge in [0.05, 0.1) is 10.2 Å². The molecule has 1 aromatic heterocycles. The first-order valence-electron chi connectivity index (χ1n) is 8.67. The molecular weight excluding hydrogens is 419 g/mol. The lowest BCUT2D eigenvalue weighted by Gasteiger charge is -2.45. The molecule has 1 saturated carbocycles. The largest absolute Gasteiger partial charge is 0.308 e. The van der Waals surface area contributed by atoms with Crippen LogP contribution in [0.2, 0.25) is 0 Å². The van der Waals surface area contributed by atoms with Crippen LogP contribution in [0.1, 0.15) is 31.2 Å². The second-order valence-corrected chi connectivity index (χ2v) is 9.00. The summed E-state index contributed by atoms with van der Waals surface area (Å²) in [7, 11) is 0. The Morgan fingerprint density at radius 2 is 2.00 bits per heavy atom. The van der Waals surface area contributed by atoms with Crippen molar-refractivity contribution in [3.05, 3.63) is 33.4 Å². The van der Waals surface area contributed by atoms with E-state index >= 15 is 0 Å². The second kappa shape index (κ2) is 6.84. The topological polar surface area (TPSA) is 25.2 Å². The highest BCUT2D eigenvalue weighted by Crippen LogP contribution is 2.34. The molecule has 0 radical (unpaired) electrons. The van der Waals surface area contributed by atoms with Crippen LogP contribution in [0.25, 0.3) is 10.2 Å². The van der Waals surface area contributed by atoms with Gasteiger partial charge in [-0.05, 0) is 55.7 Å². The van der Waals surface area contributed by atoms with Gasteiger partial charge >= 0.3 is 4.87 Å². The number of rotatable bonds is 5. The van der Waals surface area contributed by atoms with Crippen molar-refractivity contribution in [3.63, 3.8) is 0 Å². The summed E-state index contributed by atoms with van der Waals surface area (Å²) in [5.41, 5.74) is 2.47. The summed E-state index contributed by atoms with van der Waals surface area (Å²) in [6.45, 7) is 3.12. The van der Waals surface area contributed by atoms with Crippen molar-refractivity contribution in [3.8, 4) is 0 Å². The number of fused-ring (bicyclic) bond motifs is 4.